The van der Waals surface area contributed by atoms with Gasteiger partial charge in [-0.1, -0.05) is 41.9 Å². The summed E-state index contributed by atoms with van der Waals surface area (Å²) in [5.41, 5.74) is 3.43. The van der Waals surface area contributed by atoms with Crippen molar-refractivity contribution in [2.45, 2.75) is 5.92 Å². The molecule has 0 fully saturated rings. The van der Waals surface area contributed by atoms with Crippen molar-refractivity contribution < 1.29 is 4.74 Å². The highest BCUT2D eigenvalue weighted by Gasteiger charge is 2.19. The standard InChI is InChI=1S/C21H19ClN4O2/c1-28-14-8-6-13(7-9-14)16(10-24-19-12-25-26-21(27)20(19)22)17-11-23-18-5-3-2-4-15(17)18/h2-9,11-12,16,23H,10H2,1H3,(H2,24,26,27). The van der Waals surface area contributed by atoms with Crippen molar-refractivity contribution in [2.75, 3.05) is 19.0 Å². The highest BCUT2D eigenvalue weighted by Crippen LogP contribution is 2.32. The summed E-state index contributed by atoms with van der Waals surface area (Å²) in [5, 5.41) is 10.7. The lowest BCUT2D eigenvalue weighted by atomic mass is 9.90. The van der Waals surface area contributed by atoms with E-state index in [0.29, 0.717) is 12.2 Å². The molecule has 28 heavy (non-hydrogen) atoms. The largest absolute Gasteiger partial charge is 0.497 e. The topological polar surface area (TPSA) is 82.8 Å². The van der Waals surface area contributed by atoms with Crippen molar-refractivity contribution in [1.82, 2.24) is 15.2 Å². The molecule has 4 rings (SSSR count). The number of halogens is 1. The molecule has 2 aromatic heterocycles. The maximum Gasteiger partial charge on any atom is 0.285 e. The molecule has 0 aliphatic rings. The number of rotatable bonds is 6. The van der Waals surface area contributed by atoms with Crippen LogP contribution >= 0.6 is 11.6 Å². The Morgan fingerprint density at radius 2 is 1.96 bits per heavy atom. The molecule has 0 bridgehead atoms. The summed E-state index contributed by atoms with van der Waals surface area (Å²) in [6.45, 7) is 0.541. The number of aromatic nitrogens is 3. The van der Waals surface area contributed by atoms with Gasteiger partial charge >= 0.3 is 0 Å². The number of hydrogen-bond acceptors (Lipinski definition) is 4. The molecule has 2 aromatic carbocycles. The third-order valence-corrected chi connectivity index (χ3v) is 5.18. The number of nitrogens with zero attached hydrogens (tertiary/aromatic N) is 1. The summed E-state index contributed by atoms with van der Waals surface area (Å²) in [7, 11) is 1.65. The Morgan fingerprint density at radius 1 is 1.18 bits per heavy atom. The third-order valence-electron chi connectivity index (χ3n) is 4.81. The van der Waals surface area contributed by atoms with Crippen LogP contribution in [0.3, 0.4) is 0 Å². The maximum atomic E-state index is 11.7. The van der Waals surface area contributed by atoms with E-state index in [9.17, 15) is 4.79 Å². The van der Waals surface area contributed by atoms with Crippen molar-refractivity contribution >= 4 is 28.2 Å². The number of H-pyrrole nitrogens is 2. The molecule has 142 valence electrons. The lowest BCUT2D eigenvalue weighted by Gasteiger charge is -2.19. The number of anilines is 1. The Hall–Kier alpha value is -3.25. The summed E-state index contributed by atoms with van der Waals surface area (Å²) >= 11 is 6.11. The highest BCUT2D eigenvalue weighted by atomic mass is 35.5. The lowest BCUT2D eigenvalue weighted by molar-refractivity contribution is 0.414. The van der Waals surface area contributed by atoms with Crippen LogP contribution in [-0.2, 0) is 0 Å². The first-order valence-corrected chi connectivity index (χ1v) is 9.22. The Morgan fingerprint density at radius 3 is 2.75 bits per heavy atom. The fourth-order valence-electron chi connectivity index (χ4n) is 3.34. The van der Waals surface area contributed by atoms with E-state index >= 15 is 0 Å². The molecular formula is C21H19ClN4O2. The zero-order valence-electron chi connectivity index (χ0n) is 15.2. The van der Waals surface area contributed by atoms with E-state index in [1.54, 1.807) is 7.11 Å². The van der Waals surface area contributed by atoms with Crippen LogP contribution in [0, 0.1) is 0 Å². The molecule has 1 unspecified atom stereocenters. The molecule has 0 aliphatic carbocycles. The zero-order valence-corrected chi connectivity index (χ0v) is 16.0. The van der Waals surface area contributed by atoms with Gasteiger partial charge in [0, 0.05) is 29.6 Å². The molecule has 0 saturated heterocycles. The van der Waals surface area contributed by atoms with Gasteiger partial charge in [0.25, 0.3) is 5.56 Å². The molecule has 0 spiro atoms. The predicted molar refractivity (Wildman–Crippen MR) is 111 cm³/mol. The molecule has 0 aliphatic heterocycles. The summed E-state index contributed by atoms with van der Waals surface area (Å²) in [4.78, 5) is 15.1. The van der Waals surface area contributed by atoms with E-state index in [1.807, 2.05) is 42.6 Å². The van der Waals surface area contributed by atoms with Gasteiger partial charge in [0.15, 0.2) is 0 Å². The van der Waals surface area contributed by atoms with Crippen molar-refractivity contribution in [2.24, 2.45) is 0 Å². The van der Waals surface area contributed by atoms with Crippen LogP contribution in [-0.4, -0.2) is 28.8 Å². The van der Waals surface area contributed by atoms with E-state index in [2.05, 4.69) is 32.6 Å². The van der Waals surface area contributed by atoms with Crippen LogP contribution in [0.25, 0.3) is 10.9 Å². The van der Waals surface area contributed by atoms with E-state index in [0.717, 1.165) is 27.8 Å². The van der Waals surface area contributed by atoms with E-state index in [-0.39, 0.29) is 10.9 Å². The van der Waals surface area contributed by atoms with Crippen LogP contribution in [0.1, 0.15) is 17.0 Å². The Labute approximate surface area is 166 Å². The molecule has 1 atom stereocenters. The fraction of sp³-hybridized carbons (Fsp3) is 0.143. The first-order valence-electron chi connectivity index (χ1n) is 8.84. The zero-order chi connectivity index (χ0) is 19.5. The first kappa shape index (κ1) is 18.1. The van der Waals surface area contributed by atoms with E-state index in [4.69, 9.17) is 16.3 Å². The second-order valence-electron chi connectivity index (χ2n) is 6.42. The number of nitrogens with one attached hydrogen (secondary N) is 3. The summed E-state index contributed by atoms with van der Waals surface area (Å²) in [6, 6.07) is 16.2. The first-order chi connectivity index (χ1) is 13.7. The number of aromatic amines is 2. The number of benzene rings is 2. The Kier molecular flexibility index (Phi) is 5.04. The van der Waals surface area contributed by atoms with Crippen LogP contribution in [0.2, 0.25) is 5.02 Å². The summed E-state index contributed by atoms with van der Waals surface area (Å²) < 4.78 is 5.28. The third kappa shape index (κ3) is 3.46. The molecule has 6 nitrogen and oxygen atoms in total. The maximum absolute atomic E-state index is 11.7. The quantitative estimate of drug-likeness (QED) is 0.458. The second-order valence-corrected chi connectivity index (χ2v) is 6.80. The van der Waals surface area contributed by atoms with E-state index in [1.165, 1.54) is 6.20 Å². The Balaban J connectivity index is 1.72. The number of hydrogen-bond donors (Lipinski definition) is 3. The minimum atomic E-state index is -0.417. The number of ether oxygens (including phenoxy) is 1. The number of para-hydroxylation sites is 1. The van der Waals surface area contributed by atoms with Gasteiger partial charge in [-0.3, -0.25) is 4.79 Å². The van der Waals surface area contributed by atoms with Gasteiger partial charge in [0.05, 0.1) is 19.0 Å². The predicted octanol–water partition coefficient (Wildman–Crippen LogP) is 4.16. The number of methoxy groups -OCH3 is 1. The minimum Gasteiger partial charge on any atom is -0.497 e. The van der Waals surface area contributed by atoms with Crippen molar-refractivity contribution in [3.8, 4) is 5.75 Å². The highest BCUT2D eigenvalue weighted by molar-refractivity contribution is 6.32. The van der Waals surface area contributed by atoms with E-state index < -0.39 is 5.56 Å². The van der Waals surface area contributed by atoms with Crippen molar-refractivity contribution in [1.29, 1.82) is 0 Å². The van der Waals surface area contributed by atoms with Crippen LogP contribution in [0.5, 0.6) is 5.75 Å². The van der Waals surface area contributed by atoms with Crippen LogP contribution < -0.4 is 15.6 Å². The van der Waals surface area contributed by atoms with Gasteiger partial charge in [-0.25, -0.2) is 5.10 Å². The molecule has 0 saturated carbocycles. The van der Waals surface area contributed by atoms with Crippen molar-refractivity contribution in [3.63, 3.8) is 0 Å². The van der Waals surface area contributed by atoms with Crippen LogP contribution in [0.4, 0.5) is 5.69 Å². The number of fused-ring (bicyclic) bond motifs is 1. The normalized spacial score (nSPS) is 12.1. The second kappa shape index (κ2) is 7.78. The van der Waals surface area contributed by atoms with Gasteiger partial charge in [0.2, 0.25) is 0 Å². The molecule has 7 heteroatoms. The van der Waals surface area contributed by atoms with Gasteiger partial charge in [-0.15, -0.1) is 0 Å². The molecule has 3 N–H and O–H groups in total. The summed E-state index contributed by atoms with van der Waals surface area (Å²) in [6.07, 6.45) is 3.54. The van der Waals surface area contributed by atoms with Gasteiger partial charge in [-0.05, 0) is 29.3 Å². The smallest absolute Gasteiger partial charge is 0.285 e. The van der Waals surface area contributed by atoms with Crippen molar-refractivity contribution in [3.05, 3.63) is 87.4 Å². The lowest BCUT2D eigenvalue weighted by Crippen LogP contribution is -2.17. The van der Waals surface area contributed by atoms with Gasteiger partial charge in [0.1, 0.15) is 10.8 Å². The Bertz CT molecular complexity index is 1150. The van der Waals surface area contributed by atoms with Gasteiger partial charge in [-0.2, -0.15) is 5.10 Å². The molecule has 0 radical (unpaired) electrons. The van der Waals surface area contributed by atoms with Crippen LogP contribution in [0.15, 0.2) is 65.7 Å². The SMILES string of the molecule is COc1ccc(C(CNc2cn[nH]c(=O)c2Cl)c2c[nH]c3ccccc23)cc1. The molecule has 2 heterocycles. The molecule has 0 amide bonds. The molecule has 4 aromatic rings. The minimum absolute atomic E-state index is 0.0254. The average molecular weight is 395 g/mol. The summed E-state index contributed by atoms with van der Waals surface area (Å²) in [5.74, 6) is 0.827. The fourth-order valence-corrected chi connectivity index (χ4v) is 3.50. The van der Waals surface area contributed by atoms with Gasteiger partial charge < -0.3 is 15.0 Å². The monoisotopic (exact) mass is 394 g/mol. The average Bonchev–Trinajstić information content (AvgIpc) is 3.16. The molecular weight excluding hydrogens is 376 g/mol.